The Morgan fingerprint density at radius 3 is 2.30 bits per heavy atom. The van der Waals surface area contributed by atoms with Crippen LogP contribution in [0.4, 0.5) is 0 Å². The van der Waals surface area contributed by atoms with E-state index in [4.69, 9.17) is 4.52 Å². The van der Waals surface area contributed by atoms with E-state index in [0.717, 1.165) is 18.6 Å². The fourth-order valence-corrected chi connectivity index (χ4v) is 4.37. The number of hydrogen-bond donors (Lipinski definition) is 0. The minimum atomic E-state index is 0.230. The quantitative estimate of drug-likeness (QED) is 0.536. The van der Waals surface area contributed by atoms with Crippen LogP contribution in [0.25, 0.3) is 11.6 Å². The molecule has 1 aliphatic carbocycles. The van der Waals surface area contributed by atoms with Crippen molar-refractivity contribution in [3.63, 3.8) is 0 Å². The first-order valence-corrected chi connectivity index (χ1v) is 10.6. The zero-order chi connectivity index (χ0) is 19.7. The van der Waals surface area contributed by atoms with Gasteiger partial charge in [-0.2, -0.15) is 0 Å². The zero-order valence-corrected chi connectivity index (χ0v) is 18.0. The fourth-order valence-electron chi connectivity index (χ4n) is 4.37. The predicted molar refractivity (Wildman–Crippen MR) is 115 cm³/mol. The number of nitrogens with zero attached hydrogens (tertiary/aromatic N) is 1. The van der Waals surface area contributed by atoms with Gasteiger partial charge in [-0.05, 0) is 76.8 Å². The third kappa shape index (κ3) is 4.05. The van der Waals surface area contributed by atoms with Gasteiger partial charge in [-0.25, -0.2) is 0 Å². The predicted octanol–water partition coefficient (Wildman–Crippen LogP) is 7.32. The molecule has 1 aromatic carbocycles. The van der Waals surface area contributed by atoms with E-state index >= 15 is 0 Å². The molecule has 0 unspecified atom stereocenters. The van der Waals surface area contributed by atoms with Crippen molar-refractivity contribution in [1.82, 2.24) is 5.16 Å². The summed E-state index contributed by atoms with van der Waals surface area (Å²) in [6.07, 6.45) is 11.0. The summed E-state index contributed by atoms with van der Waals surface area (Å²) in [6, 6.07) is 6.98. The van der Waals surface area contributed by atoms with E-state index in [0.29, 0.717) is 0 Å². The summed E-state index contributed by atoms with van der Waals surface area (Å²) in [6.45, 7) is 14.1. The highest BCUT2D eigenvalue weighted by Gasteiger charge is 2.37. The van der Waals surface area contributed by atoms with Gasteiger partial charge in [0.1, 0.15) is 0 Å². The number of fused-ring (bicyclic) bond motifs is 1. The number of aryl methyl sites for hydroxylation is 1. The SMILES string of the molecule is CCCCc1cc2c(cc1C(=Cc1ccno1)CC)C(C)(C)CCC2(C)C. The summed E-state index contributed by atoms with van der Waals surface area (Å²) in [4.78, 5) is 0. The molecule has 0 radical (unpaired) electrons. The van der Waals surface area contributed by atoms with Crippen LogP contribution in [0.1, 0.15) is 102 Å². The molecule has 0 N–H and O–H groups in total. The maximum Gasteiger partial charge on any atom is 0.159 e. The van der Waals surface area contributed by atoms with Crippen LogP contribution < -0.4 is 0 Å². The van der Waals surface area contributed by atoms with Crippen LogP contribution >= 0.6 is 0 Å². The third-order valence-electron chi connectivity index (χ3n) is 6.38. The smallest absolute Gasteiger partial charge is 0.159 e. The number of hydrogen-bond acceptors (Lipinski definition) is 2. The minimum absolute atomic E-state index is 0.230. The monoisotopic (exact) mass is 365 g/mol. The summed E-state index contributed by atoms with van der Waals surface area (Å²) >= 11 is 0. The Morgan fingerprint density at radius 1 is 1.07 bits per heavy atom. The largest absolute Gasteiger partial charge is 0.357 e. The van der Waals surface area contributed by atoms with E-state index in [2.05, 4.69) is 64.9 Å². The van der Waals surface area contributed by atoms with Gasteiger partial charge < -0.3 is 4.52 Å². The topological polar surface area (TPSA) is 26.0 Å². The van der Waals surface area contributed by atoms with Crippen LogP contribution in [0, 0.1) is 0 Å². The molecule has 0 spiro atoms. The second-order valence-corrected chi connectivity index (χ2v) is 9.36. The van der Waals surface area contributed by atoms with E-state index in [1.807, 2.05) is 6.07 Å². The Kier molecular flexibility index (Phi) is 5.65. The summed E-state index contributed by atoms with van der Waals surface area (Å²) in [5.74, 6) is 0.839. The lowest BCUT2D eigenvalue weighted by Gasteiger charge is -2.42. The second-order valence-electron chi connectivity index (χ2n) is 9.36. The van der Waals surface area contributed by atoms with E-state index in [1.54, 1.807) is 11.8 Å². The third-order valence-corrected chi connectivity index (χ3v) is 6.38. The summed E-state index contributed by atoms with van der Waals surface area (Å²) in [5.41, 5.74) is 7.83. The second kappa shape index (κ2) is 7.66. The zero-order valence-electron chi connectivity index (χ0n) is 18.0. The number of benzene rings is 1. The standard InChI is InChI=1S/C25H35NO/c1-7-9-10-19-16-22-23(25(5,6)13-12-24(22,3)4)17-21(19)18(8-2)15-20-11-14-26-27-20/h11,14-17H,7-10,12-13H2,1-6H3. The van der Waals surface area contributed by atoms with Crippen LogP contribution in [0.3, 0.4) is 0 Å². The van der Waals surface area contributed by atoms with Gasteiger partial charge in [-0.15, -0.1) is 0 Å². The van der Waals surface area contributed by atoms with E-state index in [1.165, 1.54) is 47.9 Å². The molecule has 2 nitrogen and oxygen atoms in total. The molecule has 1 heterocycles. The lowest BCUT2D eigenvalue weighted by Crippen LogP contribution is -2.34. The van der Waals surface area contributed by atoms with E-state index in [-0.39, 0.29) is 10.8 Å². The molecule has 1 aromatic heterocycles. The Balaban J connectivity index is 2.20. The fraction of sp³-hybridized carbons (Fsp3) is 0.560. The molecule has 0 saturated heterocycles. The van der Waals surface area contributed by atoms with Crippen molar-refractivity contribution in [2.45, 2.75) is 90.9 Å². The van der Waals surface area contributed by atoms with Gasteiger partial charge >= 0.3 is 0 Å². The lowest BCUT2D eigenvalue weighted by molar-refractivity contribution is 0.331. The molecule has 1 aliphatic rings. The number of unbranched alkanes of at least 4 members (excludes halogenated alkanes) is 1. The maximum atomic E-state index is 5.37. The van der Waals surface area contributed by atoms with Gasteiger partial charge in [0, 0.05) is 6.07 Å². The Morgan fingerprint density at radius 2 is 1.74 bits per heavy atom. The molecule has 0 atom stereocenters. The van der Waals surface area contributed by atoms with Gasteiger partial charge in [0.25, 0.3) is 0 Å². The first-order valence-electron chi connectivity index (χ1n) is 10.6. The molecular weight excluding hydrogens is 330 g/mol. The number of rotatable bonds is 6. The first-order chi connectivity index (χ1) is 12.8. The summed E-state index contributed by atoms with van der Waals surface area (Å²) in [7, 11) is 0. The van der Waals surface area contributed by atoms with Crippen molar-refractivity contribution in [3.8, 4) is 0 Å². The molecule has 0 bridgehead atoms. The molecule has 2 heteroatoms. The Labute approximate surface area is 165 Å². The molecule has 146 valence electrons. The van der Waals surface area contributed by atoms with Crippen LogP contribution in [-0.2, 0) is 17.3 Å². The average molecular weight is 366 g/mol. The molecule has 0 fully saturated rings. The lowest BCUT2D eigenvalue weighted by atomic mass is 9.62. The van der Waals surface area contributed by atoms with Crippen molar-refractivity contribution in [2.75, 3.05) is 0 Å². The molecule has 27 heavy (non-hydrogen) atoms. The van der Waals surface area contributed by atoms with Crippen LogP contribution in [0.2, 0.25) is 0 Å². The minimum Gasteiger partial charge on any atom is -0.357 e. The van der Waals surface area contributed by atoms with Crippen molar-refractivity contribution >= 4 is 11.6 Å². The van der Waals surface area contributed by atoms with Gasteiger partial charge in [0.05, 0.1) is 6.20 Å². The highest BCUT2D eigenvalue weighted by molar-refractivity contribution is 5.82. The highest BCUT2D eigenvalue weighted by atomic mass is 16.5. The van der Waals surface area contributed by atoms with Crippen LogP contribution in [0.5, 0.6) is 0 Å². The van der Waals surface area contributed by atoms with E-state index in [9.17, 15) is 0 Å². The number of allylic oxidation sites excluding steroid dienone is 1. The van der Waals surface area contributed by atoms with Gasteiger partial charge in [0.15, 0.2) is 5.76 Å². The molecule has 0 saturated carbocycles. The summed E-state index contributed by atoms with van der Waals surface area (Å²) in [5, 5.41) is 3.87. The van der Waals surface area contributed by atoms with Crippen molar-refractivity contribution in [1.29, 1.82) is 0 Å². The van der Waals surface area contributed by atoms with Crippen LogP contribution in [-0.4, -0.2) is 5.16 Å². The molecular formula is C25H35NO. The van der Waals surface area contributed by atoms with E-state index < -0.39 is 0 Å². The van der Waals surface area contributed by atoms with Crippen molar-refractivity contribution in [3.05, 3.63) is 52.4 Å². The summed E-state index contributed by atoms with van der Waals surface area (Å²) < 4.78 is 5.37. The molecule has 0 amide bonds. The van der Waals surface area contributed by atoms with Crippen molar-refractivity contribution < 1.29 is 4.52 Å². The van der Waals surface area contributed by atoms with Crippen LogP contribution in [0.15, 0.2) is 28.9 Å². The maximum absolute atomic E-state index is 5.37. The van der Waals surface area contributed by atoms with Gasteiger partial charge in [0.2, 0.25) is 0 Å². The molecule has 3 rings (SSSR count). The Bertz CT molecular complexity index is 809. The normalized spacial score (nSPS) is 18.4. The number of aromatic nitrogens is 1. The van der Waals surface area contributed by atoms with Gasteiger partial charge in [-0.3, -0.25) is 0 Å². The average Bonchev–Trinajstić information content (AvgIpc) is 3.14. The Hall–Kier alpha value is -1.83. The van der Waals surface area contributed by atoms with Crippen molar-refractivity contribution in [2.24, 2.45) is 0 Å². The van der Waals surface area contributed by atoms with Gasteiger partial charge in [-0.1, -0.05) is 65.3 Å². The molecule has 0 aliphatic heterocycles. The molecule has 2 aromatic rings. The highest BCUT2D eigenvalue weighted by Crippen LogP contribution is 2.47. The first kappa shape index (κ1) is 19.9.